The Morgan fingerprint density at radius 3 is 1.98 bits per heavy atom. The van der Waals surface area contributed by atoms with Crippen LogP contribution in [0.4, 0.5) is 0 Å². The Kier molecular flexibility index (Phi) is 6.41. The first-order chi connectivity index (χ1) is 19.3. The van der Waals surface area contributed by atoms with Crippen LogP contribution in [0.25, 0.3) is 0 Å². The van der Waals surface area contributed by atoms with E-state index in [0.717, 1.165) is 19.3 Å². The summed E-state index contributed by atoms with van der Waals surface area (Å²) < 4.78 is 10.7. The van der Waals surface area contributed by atoms with Gasteiger partial charge in [-0.2, -0.15) is 0 Å². The van der Waals surface area contributed by atoms with E-state index in [1.165, 1.54) is 0 Å². The van der Waals surface area contributed by atoms with Crippen LogP contribution in [-0.2, 0) is 0 Å². The summed E-state index contributed by atoms with van der Waals surface area (Å²) in [6, 6.07) is 16.8. The Labute approximate surface area is 232 Å². The zero-order chi connectivity index (χ0) is 28.0. The van der Waals surface area contributed by atoms with E-state index >= 15 is 0 Å². The summed E-state index contributed by atoms with van der Waals surface area (Å²) in [5.74, 6) is 0.446. The first-order valence-corrected chi connectivity index (χ1v) is 13.5. The molecule has 0 unspecified atom stereocenters. The second kappa shape index (κ2) is 9.93. The topological polar surface area (TPSA) is 93.2 Å². The molecule has 1 aliphatic carbocycles. The summed E-state index contributed by atoms with van der Waals surface area (Å²) in [5, 5.41) is 0. The number of ether oxygens (including phenoxy) is 2. The number of benzene rings is 3. The predicted octanol–water partition coefficient (Wildman–Crippen LogP) is 4.25. The van der Waals surface area contributed by atoms with Crippen molar-refractivity contribution in [1.29, 1.82) is 0 Å². The third kappa shape index (κ3) is 4.24. The van der Waals surface area contributed by atoms with Crippen LogP contribution in [0.2, 0.25) is 0 Å². The van der Waals surface area contributed by atoms with Gasteiger partial charge in [-0.1, -0.05) is 24.3 Å². The Morgan fingerprint density at radius 2 is 1.32 bits per heavy atom. The molecule has 2 amide bonds. The van der Waals surface area contributed by atoms with E-state index in [1.807, 2.05) is 9.80 Å². The number of carbonyl (C=O) groups excluding carboxylic acids is 4. The molecule has 0 radical (unpaired) electrons. The van der Waals surface area contributed by atoms with Gasteiger partial charge in [-0.15, -0.1) is 0 Å². The molecule has 0 N–H and O–H groups in total. The number of rotatable bonds is 4. The van der Waals surface area contributed by atoms with Gasteiger partial charge in [-0.25, -0.2) is 0 Å². The van der Waals surface area contributed by atoms with Crippen molar-refractivity contribution in [1.82, 2.24) is 9.80 Å². The van der Waals surface area contributed by atoms with Crippen LogP contribution in [0, 0.1) is 5.41 Å². The summed E-state index contributed by atoms with van der Waals surface area (Å²) in [5.41, 5.74) is 2.22. The van der Waals surface area contributed by atoms with E-state index in [9.17, 15) is 19.2 Å². The monoisotopic (exact) mass is 538 g/mol. The van der Waals surface area contributed by atoms with Crippen LogP contribution in [0.15, 0.2) is 60.7 Å². The minimum Gasteiger partial charge on any atom is -0.497 e. The van der Waals surface area contributed by atoms with Crippen LogP contribution >= 0.6 is 0 Å². The van der Waals surface area contributed by atoms with Gasteiger partial charge in [0.1, 0.15) is 11.5 Å². The smallest absolute Gasteiger partial charge is 0.257 e. The maximum Gasteiger partial charge on any atom is 0.257 e. The molecule has 0 atom stereocenters. The minimum atomic E-state index is -0.234. The summed E-state index contributed by atoms with van der Waals surface area (Å²) in [7, 11) is 3.11. The number of amides is 2. The van der Waals surface area contributed by atoms with Crippen molar-refractivity contribution < 1.29 is 28.7 Å². The molecular weight excluding hydrogens is 508 g/mol. The van der Waals surface area contributed by atoms with Crippen LogP contribution in [0.1, 0.15) is 71.8 Å². The van der Waals surface area contributed by atoms with E-state index in [1.54, 1.807) is 74.9 Å². The number of carbonyl (C=O) groups is 4. The van der Waals surface area contributed by atoms with Crippen molar-refractivity contribution in [2.24, 2.45) is 5.41 Å². The summed E-state index contributed by atoms with van der Waals surface area (Å²) in [6.45, 7) is 2.40. The molecule has 40 heavy (non-hydrogen) atoms. The number of ketones is 2. The average molecular weight is 539 g/mol. The molecule has 2 aliphatic heterocycles. The zero-order valence-corrected chi connectivity index (χ0v) is 22.6. The molecule has 2 saturated heterocycles. The lowest BCUT2D eigenvalue weighted by molar-refractivity contribution is 0.0562. The normalized spacial score (nSPS) is 17.4. The fourth-order valence-electron chi connectivity index (χ4n) is 6.27. The molecule has 0 saturated carbocycles. The standard InChI is InChI=1S/C32H30N2O6/c1-39-21-8-10-27(40-2)26(18-21)31(38)33-14-11-32(12-15-33)13-16-34(19-32)30(37)20-7-9-24-25(17-20)29(36)23-6-4-3-5-22(23)28(24)35/h3-10,17-18H,11-16,19H2,1-2H3. The average Bonchev–Trinajstić information content (AvgIpc) is 3.42. The van der Waals surface area contributed by atoms with Crippen molar-refractivity contribution >= 4 is 23.4 Å². The Morgan fingerprint density at radius 1 is 0.700 bits per heavy atom. The lowest BCUT2D eigenvalue weighted by Gasteiger charge is -2.39. The number of hydrogen-bond acceptors (Lipinski definition) is 6. The van der Waals surface area contributed by atoms with Gasteiger partial charge in [0.15, 0.2) is 11.6 Å². The Balaban J connectivity index is 1.14. The lowest BCUT2D eigenvalue weighted by atomic mass is 9.77. The number of methoxy groups -OCH3 is 2. The van der Waals surface area contributed by atoms with Gasteiger partial charge in [-0.05, 0) is 61.1 Å². The number of piperidine rings is 1. The molecular formula is C32H30N2O6. The van der Waals surface area contributed by atoms with Crippen molar-refractivity contribution in [3.8, 4) is 11.5 Å². The summed E-state index contributed by atoms with van der Waals surface area (Å²) in [4.78, 5) is 56.6. The van der Waals surface area contributed by atoms with Crippen molar-refractivity contribution in [3.63, 3.8) is 0 Å². The van der Waals surface area contributed by atoms with Crippen molar-refractivity contribution in [3.05, 3.63) is 94.0 Å². The Bertz CT molecular complexity index is 1550. The molecule has 3 aromatic rings. The van der Waals surface area contributed by atoms with Crippen molar-refractivity contribution in [2.75, 3.05) is 40.4 Å². The Hall–Kier alpha value is -4.46. The molecule has 204 valence electrons. The van der Waals surface area contributed by atoms with Gasteiger partial charge in [0.05, 0.1) is 19.8 Å². The molecule has 1 spiro atoms. The van der Waals surface area contributed by atoms with Crippen molar-refractivity contribution in [2.45, 2.75) is 19.3 Å². The fourth-order valence-corrected chi connectivity index (χ4v) is 6.27. The molecule has 8 heteroatoms. The maximum absolute atomic E-state index is 13.5. The van der Waals surface area contributed by atoms with E-state index in [4.69, 9.17) is 9.47 Å². The SMILES string of the molecule is COc1ccc(OC)c(C(=O)N2CCC3(CCN(C(=O)c4ccc5c(c4)C(=O)c4ccccc4C5=O)C3)CC2)c1. The van der Waals surface area contributed by atoms with Gasteiger partial charge in [-0.3, -0.25) is 19.2 Å². The van der Waals surface area contributed by atoms with E-state index in [0.29, 0.717) is 65.5 Å². The van der Waals surface area contributed by atoms with Gasteiger partial charge < -0.3 is 19.3 Å². The highest BCUT2D eigenvalue weighted by Gasteiger charge is 2.43. The van der Waals surface area contributed by atoms with Gasteiger partial charge in [0.2, 0.25) is 0 Å². The molecule has 6 rings (SSSR count). The third-order valence-electron chi connectivity index (χ3n) is 8.65. The second-order valence-corrected chi connectivity index (χ2v) is 10.8. The highest BCUT2D eigenvalue weighted by molar-refractivity contribution is 6.28. The van der Waals surface area contributed by atoms with Crippen LogP contribution in [-0.4, -0.2) is 73.6 Å². The molecule has 3 aromatic carbocycles. The minimum absolute atomic E-state index is 0.0517. The molecule has 0 aromatic heterocycles. The summed E-state index contributed by atoms with van der Waals surface area (Å²) >= 11 is 0. The van der Waals surface area contributed by atoms with E-state index < -0.39 is 0 Å². The summed E-state index contributed by atoms with van der Waals surface area (Å²) in [6.07, 6.45) is 2.45. The van der Waals surface area contributed by atoms with Crippen LogP contribution in [0.3, 0.4) is 0 Å². The number of fused-ring (bicyclic) bond motifs is 2. The first kappa shape index (κ1) is 25.8. The molecule has 8 nitrogen and oxygen atoms in total. The first-order valence-electron chi connectivity index (χ1n) is 13.5. The molecule has 0 bridgehead atoms. The van der Waals surface area contributed by atoms with Crippen LogP contribution < -0.4 is 9.47 Å². The second-order valence-electron chi connectivity index (χ2n) is 10.8. The fraction of sp³-hybridized carbons (Fsp3) is 0.312. The lowest BCUT2D eigenvalue weighted by Crippen LogP contribution is -2.44. The van der Waals surface area contributed by atoms with E-state index in [2.05, 4.69) is 0 Å². The molecule has 2 fully saturated rings. The quantitative estimate of drug-likeness (QED) is 0.386. The molecule has 3 aliphatic rings. The van der Waals surface area contributed by atoms with Gasteiger partial charge in [0, 0.05) is 54.0 Å². The van der Waals surface area contributed by atoms with E-state index in [-0.39, 0.29) is 34.4 Å². The predicted molar refractivity (Wildman–Crippen MR) is 147 cm³/mol. The van der Waals surface area contributed by atoms with Crippen LogP contribution in [0.5, 0.6) is 11.5 Å². The highest BCUT2D eigenvalue weighted by atomic mass is 16.5. The number of likely N-dealkylation sites (tertiary alicyclic amines) is 2. The zero-order valence-electron chi connectivity index (χ0n) is 22.6. The van der Waals surface area contributed by atoms with Gasteiger partial charge in [0.25, 0.3) is 11.8 Å². The largest absolute Gasteiger partial charge is 0.497 e. The van der Waals surface area contributed by atoms with Gasteiger partial charge >= 0.3 is 0 Å². The number of nitrogens with zero attached hydrogens (tertiary/aromatic N) is 2. The maximum atomic E-state index is 13.5. The number of hydrogen-bond donors (Lipinski definition) is 0. The highest BCUT2D eigenvalue weighted by Crippen LogP contribution is 2.41. The third-order valence-corrected chi connectivity index (χ3v) is 8.65. The molecule has 2 heterocycles.